The van der Waals surface area contributed by atoms with Gasteiger partial charge in [0.1, 0.15) is 0 Å². The number of nitrogens with zero attached hydrogens (tertiary/aromatic N) is 1. The molecule has 3 heteroatoms. The quantitative estimate of drug-likeness (QED) is 0.650. The number of hydrogen-bond acceptors (Lipinski definition) is 3. The van der Waals surface area contributed by atoms with Crippen molar-refractivity contribution in [2.75, 3.05) is 39.3 Å². The van der Waals surface area contributed by atoms with Crippen molar-refractivity contribution in [3.05, 3.63) is 0 Å². The molecule has 0 bridgehead atoms. The molecule has 1 saturated carbocycles. The monoisotopic (exact) mass is 298 g/mol. The zero-order valence-electron chi connectivity index (χ0n) is 14.8. The van der Waals surface area contributed by atoms with Gasteiger partial charge in [0.05, 0.1) is 6.61 Å². The SMILES string of the molecule is CCCN(CCO)CC1(CNCC(C)C)CCCC(C)C1. The van der Waals surface area contributed by atoms with Crippen LogP contribution >= 0.6 is 0 Å². The van der Waals surface area contributed by atoms with Gasteiger partial charge in [-0.3, -0.25) is 0 Å². The second-order valence-corrected chi connectivity index (χ2v) is 7.73. The Labute approximate surface area is 132 Å². The van der Waals surface area contributed by atoms with E-state index in [1.54, 1.807) is 0 Å². The molecule has 0 heterocycles. The van der Waals surface area contributed by atoms with E-state index in [9.17, 15) is 5.11 Å². The number of hydrogen-bond donors (Lipinski definition) is 2. The van der Waals surface area contributed by atoms with Crippen molar-refractivity contribution >= 4 is 0 Å². The van der Waals surface area contributed by atoms with Crippen LogP contribution in [-0.2, 0) is 0 Å². The van der Waals surface area contributed by atoms with Crippen LogP contribution in [-0.4, -0.2) is 49.3 Å². The van der Waals surface area contributed by atoms with E-state index in [4.69, 9.17) is 0 Å². The van der Waals surface area contributed by atoms with Crippen molar-refractivity contribution in [1.82, 2.24) is 10.2 Å². The molecular weight excluding hydrogens is 260 g/mol. The molecule has 3 nitrogen and oxygen atoms in total. The summed E-state index contributed by atoms with van der Waals surface area (Å²) < 4.78 is 0. The van der Waals surface area contributed by atoms with E-state index in [-0.39, 0.29) is 6.61 Å². The van der Waals surface area contributed by atoms with Crippen LogP contribution in [0.1, 0.15) is 59.8 Å². The minimum absolute atomic E-state index is 0.283. The number of aliphatic hydroxyl groups is 1. The van der Waals surface area contributed by atoms with Gasteiger partial charge in [0, 0.05) is 19.6 Å². The first kappa shape index (κ1) is 18.9. The molecule has 0 aromatic rings. The molecule has 1 fully saturated rings. The van der Waals surface area contributed by atoms with E-state index in [0.717, 1.165) is 38.6 Å². The number of nitrogens with one attached hydrogen (secondary N) is 1. The topological polar surface area (TPSA) is 35.5 Å². The molecule has 1 rings (SSSR count). The van der Waals surface area contributed by atoms with Gasteiger partial charge in [-0.2, -0.15) is 0 Å². The summed E-state index contributed by atoms with van der Waals surface area (Å²) in [5.74, 6) is 1.56. The molecule has 0 radical (unpaired) electrons. The second kappa shape index (κ2) is 9.81. The van der Waals surface area contributed by atoms with Crippen molar-refractivity contribution in [2.24, 2.45) is 17.3 Å². The van der Waals surface area contributed by atoms with Gasteiger partial charge in [0.2, 0.25) is 0 Å². The highest BCUT2D eigenvalue weighted by Crippen LogP contribution is 2.39. The highest BCUT2D eigenvalue weighted by atomic mass is 16.3. The molecule has 2 N–H and O–H groups in total. The third-order valence-corrected chi connectivity index (χ3v) is 4.75. The maximum atomic E-state index is 9.32. The van der Waals surface area contributed by atoms with Gasteiger partial charge in [0.15, 0.2) is 0 Å². The van der Waals surface area contributed by atoms with Crippen LogP contribution in [0, 0.1) is 17.3 Å². The summed E-state index contributed by atoms with van der Waals surface area (Å²) in [6, 6.07) is 0. The van der Waals surface area contributed by atoms with Gasteiger partial charge in [-0.15, -0.1) is 0 Å². The van der Waals surface area contributed by atoms with Crippen molar-refractivity contribution in [3.8, 4) is 0 Å². The van der Waals surface area contributed by atoms with Crippen LogP contribution in [0.15, 0.2) is 0 Å². The molecule has 0 aliphatic heterocycles. The maximum absolute atomic E-state index is 9.32. The zero-order valence-corrected chi connectivity index (χ0v) is 14.8. The predicted molar refractivity (Wildman–Crippen MR) is 91.6 cm³/mol. The first-order valence-electron chi connectivity index (χ1n) is 9.05. The van der Waals surface area contributed by atoms with Gasteiger partial charge < -0.3 is 15.3 Å². The molecule has 0 aromatic carbocycles. The Bertz CT molecular complexity index is 264. The molecule has 0 amide bonds. The lowest BCUT2D eigenvalue weighted by molar-refractivity contribution is 0.0698. The van der Waals surface area contributed by atoms with Crippen LogP contribution in [0.25, 0.3) is 0 Å². The first-order valence-corrected chi connectivity index (χ1v) is 9.05. The summed E-state index contributed by atoms with van der Waals surface area (Å²) in [4.78, 5) is 2.48. The Kier molecular flexibility index (Phi) is 8.84. The van der Waals surface area contributed by atoms with Gasteiger partial charge in [0.25, 0.3) is 0 Å². The minimum Gasteiger partial charge on any atom is -0.395 e. The largest absolute Gasteiger partial charge is 0.395 e. The van der Waals surface area contributed by atoms with Crippen molar-refractivity contribution in [3.63, 3.8) is 0 Å². The standard InChI is InChI=1S/C18H38N2O/c1-5-9-20(10-11-21)15-18(14-19-13-16(2)3)8-6-7-17(4)12-18/h16-17,19,21H,5-15H2,1-4H3. The Balaban J connectivity index is 2.65. The Morgan fingerprint density at radius 3 is 2.67 bits per heavy atom. The van der Waals surface area contributed by atoms with Gasteiger partial charge in [-0.05, 0) is 49.6 Å². The molecule has 0 spiro atoms. The van der Waals surface area contributed by atoms with Crippen molar-refractivity contribution < 1.29 is 5.11 Å². The van der Waals surface area contributed by atoms with E-state index in [1.165, 1.54) is 32.1 Å². The van der Waals surface area contributed by atoms with Gasteiger partial charge in [-0.25, -0.2) is 0 Å². The average molecular weight is 299 g/mol. The van der Waals surface area contributed by atoms with Crippen LogP contribution < -0.4 is 5.32 Å². The van der Waals surface area contributed by atoms with E-state index in [2.05, 4.69) is 37.9 Å². The summed E-state index contributed by atoms with van der Waals surface area (Å²) in [7, 11) is 0. The third-order valence-electron chi connectivity index (χ3n) is 4.75. The normalized spacial score (nSPS) is 26.7. The van der Waals surface area contributed by atoms with Crippen LogP contribution in [0.5, 0.6) is 0 Å². The van der Waals surface area contributed by atoms with Gasteiger partial charge in [-0.1, -0.05) is 40.5 Å². The molecule has 0 saturated heterocycles. The fourth-order valence-corrected chi connectivity index (χ4v) is 3.96. The van der Waals surface area contributed by atoms with Crippen molar-refractivity contribution in [2.45, 2.75) is 59.8 Å². The molecule has 126 valence electrons. The Morgan fingerprint density at radius 2 is 2.10 bits per heavy atom. The second-order valence-electron chi connectivity index (χ2n) is 7.73. The number of aliphatic hydroxyl groups excluding tert-OH is 1. The summed E-state index contributed by atoms with van der Waals surface area (Å²) in [5, 5.41) is 13.0. The molecule has 2 unspecified atom stereocenters. The highest BCUT2D eigenvalue weighted by Gasteiger charge is 2.36. The van der Waals surface area contributed by atoms with E-state index in [1.807, 2.05) is 0 Å². The first-order chi connectivity index (χ1) is 10.0. The lowest BCUT2D eigenvalue weighted by Crippen LogP contribution is -2.48. The summed E-state index contributed by atoms with van der Waals surface area (Å²) in [6.07, 6.45) is 6.60. The lowest BCUT2D eigenvalue weighted by Gasteiger charge is -2.43. The van der Waals surface area contributed by atoms with E-state index < -0.39 is 0 Å². The third kappa shape index (κ3) is 7.12. The average Bonchev–Trinajstić information content (AvgIpc) is 2.38. The van der Waals surface area contributed by atoms with Crippen LogP contribution in [0.4, 0.5) is 0 Å². The van der Waals surface area contributed by atoms with Crippen molar-refractivity contribution in [1.29, 1.82) is 0 Å². The zero-order chi connectivity index (χ0) is 15.7. The number of rotatable bonds is 10. The Hall–Kier alpha value is -0.120. The minimum atomic E-state index is 0.283. The summed E-state index contributed by atoms with van der Waals surface area (Å²) in [6.45, 7) is 14.8. The molecule has 1 aliphatic carbocycles. The summed E-state index contributed by atoms with van der Waals surface area (Å²) >= 11 is 0. The molecule has 0 aromatic heterocycles. The molecular formula is C18H38N2O. The van der Waals surface area contributed by atoms with Crippen LogP contribution in [0.2, 0.25) is 0 Å². The smallest absolute Gasteiger partial charge is 0.0558 e. The van der Waals surface area contributed by atoms with Gasteiger partial charge >= 0.3 is 0 Å². The predicted octanol–water partition coefficient (Wildman–Crippen LogP) is 3.13. The lowest BCUT2D eigenvalue weighted by atomic mass is 9.69. The highest BCUT2D eigenvalue weighted by molar-refractivity contribution is 4.90. The Morgan fingerprint density at radius 1 is 1.33 bits per heavy atom. The summed E-state index contributed by atoms with van der Waals surface area (Å²) in [5.41, 5.74) is 0.414. The molecule has 21 heavy (non-hydrogen) atoms. The molecule has 1 aliphatic rings. The van der Waals surface area contributed by atoms with E-state index >= 15 is 0 Å². The van der Waals surface area contributed by atoms with E-state index in [0.29, 0.717) is 11.3 Å². The maximum Gasteiger partial charge on any atom is 0.0558 e. The molecule has 2 atom stereocenters. The fourth-order valence-electron chi connectivity index (χ4n) is 3.96. The fraction of sp³-hybridized carbons (Fsp3) is 1.00. The van der Waals surface area contributed by atoms with Crippen LogP contribution in [0.3, 0.4) is 0 Å².